The van der Waals surface area contributed by atoms with Gasteiger partial charge in [0, 0.05) is 5.02 Å². The van der Waals surface area contributed by atoms with Gasteiger partial charge in [-0.05, 0) is 11.6 Å². The number of rotatable bonds is 3. The van der Waals surface area contributed by atoms with Crippen LogP contribution in [-0.4, -0.2) is 0 Å². The summed E-state index contributed by atoms with van der Waals surface area (Å²) in [4.78, 5) is 0. The molecule has 0 aliphatic carbocycles. The van der Waals surface area contributed by atoms with Gasteiger partial charge in [-0.1, -0.05) is 75.6 Å². The first-order valence-electron chi connectivity index (χ1n) is 5.13. The molecule has 0 saturated carbocycles. The molecule has 0 amide bonds. The monoisotopic (exact) mass is 210 g/mol. The van der Waals surface area contributed by atoms with Crippen LogP contribution in [0.1, 0.15) is 38.7 Å². The Balaban J connectivity index is 0.000000292. The molecule has 1 heteroatoms. The molecule has 0 saturated heterocycles. The van der Waals surface area contributed by atoms with Crippen molar-refractivity contribution in [2.75, 3.05) is 0 Å². The van der Waals surface area contributed by atoms with E-state index in [9.17, 15) is 0 Å². The van der Waals surface area contributed by atoms with E-state index in [1.807, 2.05) is 24.3 Å². The van der Waals surface area contributed by atoms with Gasteiger partial charge in [0.25, 0.3) is 0 Å². The van der Waals surface area contributed by atoms with Crippen molar-refractivity contribution in [3.05, 3.63) is 41.4 Å². The van der Waals surface area contributed by atoms with Crippen molar-refractivity contribution in [3.8, 4) is 0 Å². The van der Waals surface area contributed by atoms with Gasteiger partial charge in [-0.2, -0.15) is 0 Å². The minimum absolute atomic E-state index is 0.757. The van der Waals surface area contributed by atoms with Gasteiger partial charge in [-0.25, -0.2) is 0 Å². The largest absolute Gasteiger partial charge is 0.0984 e. The highest BCUT2D eigenvalue weighted by Crippen LogP contribution is 2.14. The molecule has 1 aromatic carbocycles. The third-order valence-corrected chi connectivity index (χ3v) is 2.18. The zero-order valence-corrected chi connectivity index (χ0v) is 9.85. The van der Waals surface area contributed by atoms with Crippen LogP contribution in [0.5, 0.6) is 0 Å². The maximum absolute atomic E-state index is 5.75. The summed E-state index contributed by atoms with van der Waals surface area (Å²) in [6.45, 7) is 8.03. The van der Waals surface area contributed by atoms with Crippen LogP contribution in [0.3, 0.4) is 0 Å². The van der Waals surface area contributed by atoms with Crippen LogP contribution in [0.15, 0.2) is 30.8 Å². The number of benzene rings is 1. The van der Waals surface area contributed by atoms with Crippen molar-refractivity contribution in [2.45, 2.75) is 33.1 Å². The third kappa shape index (κ3) is 5.82. The second-order valence-corrected chi connectivity index (χ2v) is 3.49. The smallest absolute Gasteiger partial charge is 0.0478 e. The van der Waals surface area contributed by atoms with Crippen LogP contribution in [0, 0.1) is 0 Å². The molecule has 0 spiro atoms. The maximum atomic E-state index is 5.75. The summed E-state index contributed by atoms with van der Waals surface area (Å²) in [7, 11) is 0. The van der Waals surface area contributed by atoms with E-state index < -0.39 is 0 Å². The van der Waals surface area contributed by atoms with Gasteiger partial charge in [-0.15, -0.1) is 0 Å². The second-order valence-electron chi connectivity index (χ2n) is 3.08. The molecule has 0 radical (unpaired) electrons. The van der Waals surface area contributed by atoms with Crippen LogP contribution < -0.4 is 0 Å². The van der Waals surface area contributed by atoms with E-state index in [-0.39, 0.29) is 0 Å². The Hall–Kier alpha value is -0.750. The number of unbranched alkanes of at least 4 members (excludes halogenated alkanes) is 2. The first-order valence-corrected chi connectivity index (χ1v) is 5.51. The fourth-order valence-corrected chi connectivity index (χ4v) is 1.21. The molecule has 0 atom stereocenters. The predicted octanol–water partition coefficient (Wildman–Crippen LogP) is 5.18. The fourth-order valence-electron chi connectivity index (χ4n) is 0.994. The van der Waals surface area contributed by atoms with Crippen LogP contribution in [-0.2, 0) is 0 Å². The molecule has 1 rings (SSSR count). The molecule has 0 unspecified atom stereocenters. The summed E-state index contributed by atoms with van der Waals surface area (Å²) in [5, 5.41) is 0.757. The highest BCUT2D eigenvalue weighted by Gasteiger charge is 1.89. The second kappa shape index (κ2) is 8.83. The van der Waals surface area contributed by atoms with E-state index >= 15 is 0 Å². The molecular weight excluding hydrogens is 192 g/mol. The lowest BCUT2D eigenvalue weighted by Gasteiger charge is -1.92. The van der Waals surface area contributed by atoms with E-state index in [2.05, 4.69) is 20.4 Å². The van der Waals surface area contributed by atoms with E-state index in [0.717, 1.165) is 10.6 Å². The van der Waals surface area contributed by atoms with Crippen LogP contribution in [0.4, 0.5) is 0 Å². The Kier molecular flexibility index (Phi) is 8.36. The molecular formula is C13H19Cl. The first-order chi connectivity index (χ1) is 6.76. The lowest BCUT2D eigenvalue weighted by atomic mass is 10.2. The third-order valence-electron chi connectivity index (χ3n) is 1.83. The minimum atomic E-state index is 0.757. The summed E-state index contributed by atoms with van der Waals surface area (Å²) in [5.41, 5.74) is 0.985. The molecule has 0 nitrogen and oxygen atoms in total. The summed E-state index contributed by atoms with van der Waals surface area (Å²) in [6, 6.07) is 7.60. The molecule has 1 aromatic rings. The van der Waals surface area contributed by atoms with Gasteiger partial charge in [0.1, 0.15) is 0 Å². The van der Waals surface area contributed by atoms with E-state index in [1.165, 1.54) is 19.3 Å². The van der Waals surface area contributed by atoms with Gasteiger partial charge in [-0.3, -0.25) is 0 Å². The van der Waals surface area contributed by atoms with Crippen molar-refractivity contribution in [1.29, 1.82) is 0 Å². The average Bonchev–Trinajstić information content (AvgIpc) is 2.21. The van der Waals surface area contributed by atoms with Crippen LogP contribution in [0.25, 0.3) is 6.08 Å². The Morgan fingerprint density at radius 2 is 1.79 bits per heavy atom. The van der Waals surface area contributed by atoms with Crippen LogP contribution in [0.2, 0.25) is 5.02 Å². The highest BCUT2D eigenvalue weighted by molar-refractivity contribution is 6.32. The topological polar surface area (TPSA) is 0 Å². The summed E-state index contributed by atoms with van der Waals surface area (Å²) < 4.78 is 0. The molecule has 0 aliphatic rings. The quantitative estimate of drug-likeness (QED) is 0.645. The lowest BCUT2D eigenvalue weighted by Crippen LogP contribution is -1.69. The van der Waals surface area contributed by atoms with Crippen molar-refractivity contribution < 1.29 is 0 Å². The van der Waals surface area contributed by atoms with E-state index in [1.54, 1.807) is 6.08 Å². The fraction of sp³-hybridized carbons (Fsp3) is 0.385. The standard InChI is InChI=1S/C8H7Cl.C5H12/c1-2-7-5-3-4-6-8(7)9;1-3-5-4-2/h2-6H,1H2;3-5H2,1-2H3. The van der Waals surface area contributed by atoms with Gasteiger partial charge < -0.3 is 0 Å². The lowest BCUT2D eigenvalue weighted by molar-refractivity contribution is 0.772. The molecule has 0 fully saturated rings. The van der Waals surface area contributed by atoms with Gasteiger partial charge in [0.05, 0.1) is 0 Å². The minimum Gasteiger partial charge on any atom is -0.0984 e. The van der Waals surface area contributed by atoms with Gasteiger partial charge in [0.15, 0.2) is 0 Å². The number of halogens is 1. The summed E-state index contributed by atoms with van der Waals surface area (Å²) in [6.07, 6.45) is 5.81. The first kappa shape index (κ1) is 13.2. The normalized spacial score (nSPS) is 8.79. The zero-order chi connectivity index (χ0) is 10.8. The Morgan fingerprint density at radius 3 is 2.07 bits per heavy atom. The van der Waals surface area contributed by atoms with E-state index in [0.29, 0.717) is 0 Å². The molecule has 0 aromatic heterocycles. The van der Waals surface area contributed by atoms with Crippen molar-refractivity contribution in [3.63, 3.8) is 0 Å². The average molecular weight is 211 g/mol. The van der Waals surface area contributed by atoms with Gasteiger partial charge in [0.2, 0.25) is 0 Å². The molecule has 0 bridgehead atoms. The number of hydrogen-bond acceptors (Lipinski definition) is 0. The zero-order valence-electron chi connectivity index (χ0n) is 9.09. The van der Waals surface area contributed by atoms with Crippen LogP contribution >= 0.6 is 11.6 Å². The Bertz CT molecular complexity index is 251. The van der Waals surface area contributed by atoms with Crippen molar-refractivity contribution in [1.82, 2.24) is 0 Å². The maximum Gasteiger partial charge on any atom is 0.0478 e. The molecule has 0 aliphatic heterocycles. The molecule has 14 heavy (non-hydrogen) atoms. The molecule has 0 heterocycles. The van der Waals surface area contributed by atoms with Crippen molar-refractivity contribution in [2.24, 2.45) is 0 Å². The Morgan fingerprint density at radius 1 is 1.21 bits per heavy atom. The number of hydrogen-bond donors (Lipinski definition) is 0. The molecule has 78 valence electrons. The van der Waals surface area contributed by atoms with Crippen molar-refractivity contribution >= 4 is 17.7 Å². The molecule has 0 N–H and O–H groups in total. The van der Waals surface area contributed by atoms with Gasteiger partial charge >= 0.3 is 0 Å². The predicted molar refractivity (Wildman–Crippen MR) is 66.7 cm³/mol. The highest BCUT2D eigenvalue weighted by atomic mass is 35.5. The Labute approximate surface area is 92.6 Å². The summed E-state index contributed by atoms with van der Waals surface area (Å²) in [5.74, 6) is 0. The summed E-state index contributed by atoms with van der Waals surface area (Å²) >= 11 is 5.75. The van der Waals surface area contributed by atoms with E-state index in [4.69, 9.17) is 11.6 Å². The SMILES string of the molecule is C=Cc1ccccc1Cl.CCCCC.